The van der Waals surface area contributed by atoms with Crippen molar-refractivity contribution >= 4 is 28.5 Å². The van der Waals surface area contributed by atoms with Crippen LogP contribution in [-0.4, -0.2) is 25.2 Å². The van der Waals surface area contributed by atoms with Gasteiger partial charge in [0.05, 0.1) is 11.6 Å². The number of fused-ring (bicyclic) bond motifs is 2. The highest BCUT2D eigenvalue weighted by atomic mass is 35.5. The van der Waals surface area contributed by atoms with Gasteiger partial charge >= 0.3 is 0 Å². The molecule has 0 saturated carbocycles. The number of aryl methyl sites for hydroxylation is 1. The van der Waals surface area contributed by atoms with Crippen LogP contribution in [0.5, 0.6) is 11.5 Å². The third kappa shape index (κ3) is 2.91. The molecule has 3 aromatic rings. The first-order valence-electron chi connectivity index (χ1n) is 7.98. The maximum Gasteiger partial charge on any atom is 0.287 e. The van der Waals surface area contributed by atoms with Gasteiger partial charge in [0, 0.05) is 10.9 Å². The van der Waals surface area contributed by atoms with Gasteiger partial charge < -0.3 is 19.2 Å². The first-order chi connectivity index (χ1) is 12.1. The lowest BCUT2D eigenvalue weighted by Crippen LogP contribution is -2.40. The Bertz CT molecular complexity index is 950. The van der Waals surface area contributed by atoms with Crippen molar-refractivity contribution in [3.8, 4) is 11.5 Å². The SMILES string of the molecule is Cc1c(C(=O)NC[C@H]2COc3ccccc3O2)oc2c(Cl)cccc12. The summed E-state index contributed by atoms with van der Waals surface area (Å²) in [4.78, 5) is 12.5. The van der Waals surface area contributed by atoms with Crippen molar-refractivity contribution in [2.45, 2.75) is 13.0 Å². The topological polar surface area (TPSA) is 60.7 Å². The number of carbonyl (C=O) groups is 1. The summed E-state index contributed by atoms with van der Waals surface area (Å²) in [5.41, 5.74) is 1.29. The molecule has 0 saturated heterocycles. The van der Waals surface area contributed by atoms with Crippen LogP contribution in [0.2, 0.25) is 5.02 Å². The number of para-hydroxylation sites is 3. The molecular formula is C19H16ClNO4. The van der Waals surface area contributed by atoms with Gasteiger partial charge in [0.15, 0.2) is 22.8 Å². The first-order valence-corrected chi connectivity index (χ1v) is 8.35. The van der Waals surface area contributed by atoms with E-state index in [4.69, 9.17) is 25.5 Å². The lowest BCUT2D eigenvalue weighted by Gasteiger charge is -2.26. The molecule has 1 aliphatic heterocycles. The van der Waals surface area contributed by atoms with E-state index in [9.17, 15) is 4.79 Å². The van der Waals surface area contributed by atoms with E-state index in [1.807, 2.05) is 43.3 Å². The zero-order chi connectivity index (χ0) is 17.4. The molecule has 128 valence electrons. The van der Waals surface area contributed by atoms with Crippen LogP contribution in [0, 0.1) is 6.92 Å². The van der Waals surface area contributed by atoms with Crippen molar-refractivity contribution in [3.63, 3.8) is 0 Å². The van der Waals surface area contributed by atoms with Crippen LogP contribution >= 0.6 is 11.6 Å². The fourth-order valence-corrected chi connectivity index (χ4v) is 3.09. The Morgan fingerprint density at radius 3 is 2.80 bits per heavy atom. The minimum absolute atomic E-state index is 0.257. The van der Waals surface area contributed by atoms with Crippen LogP contribution in [0.3, 0.4) is 0 Å². The molecule has 5 nitrogen and oxygen atoms in total. The van der Waals surface area contributed by atoms with Crippen LogP contribution in [0.25, 0.3) is 11.0 Å². The average Bonchev–Trinajstić information content (AvgIpc) is 2.98. The molecule has 0 spiro atoms. The molecule has 2 aromatic carbocycles. The number of hydrogen-bond acceptors (Lipinski definition) is 4. The minimum Gasteiger partial charge on any atom is -0.486 e. The molecule has 1 aromatic heterocycles. The van der Waals surface area contributed by atoms with E-state index < -0.39 is 0 Å². The predicted molar refractivity (Wildman–Crippen MR) is 94.6 cm³/mol. The summed E-state index contributed by atoms with van der Waals surface area (Å²) < 4.78 is 17.2. The molecule has 1 N–H and O–H groups in total. The van der Waals surface area contributed by atoms with Crippen LogP contribution in [-0.2, 0) is 0 Å². The Morgan fingerprint density at radius 1 is 1.20 bits per heavy atom. The number of benzene rings is 2. The fraction of sp³-hybridized carbons (Fsp3) is 0.211. The van der Waals surface area contributed by atoms with Crippen molar-refractivity contribution in [1.82, 2.24) is 5.32 Å². The summed E-state index contributed by atoms with van der Waals surface area (Å²) in [7, 11) is 0. The van der Waals surface area contributed by atoms with E-state index in [2.05, 4.69) is 5.32 Å². The molecule has 2 heterocycles. The second-order valence-corrected chi connectivity index (χ2v) is 6.29. The van der Waals surface area contributed by atoms with Gasteiger partial charge in [-0.1, -0.05) is 35.9 Å². The number of nitrogens with one attached hydrogen (secondary N) is 1. The normalized spacial score (nSPS) is 16.0. The highest BCUT2D eigenvalue weighted by Gasteiger charge is 2.23. The van der Waals surface area contributed by atoms with Crippen molar-refractivity contribution in [1.29, 1.82) is 0 Å². The van der Waals surface area contributed by atoms with Gasteiger partial charge in [0.25, 0.3) is 5.91 Å². The highest BCUT2D eigenvalue weighted by molar-refractivity contribution is 6.35. The average molecular weight is 358 g/mol. The van der Waals surface area contributed by atoms with E-state index in [-0.39, 0.29) is 17.8 Å². The number of halogens is 1. The zero-order valence-electron chi connectivity index (χ0n) is 13.5. The fourth-order valence-electron chi connectivity index (χ4n) is 2.88. The quantitative estimate of drug-likeness (QED) is 0.770. The van der Waals surface area contributed by atoms with E-state index in [0.29, 0.717) is 35.3 Å². The van der Waals surface area contributed by atoms with Crippen molar-refractivity contribution < 1.29 is 18.7 Å². The summed E-state index contributed by atoms with van der Waals surface area (Å²) in [5.74, 6) is 1.36. The molecule has 0 aliphatic carbocycles. The molecule has 6 heteroatoms. The Balaban J connectivity index is 1.47. The second-order valence-electron chi connectivity index (χ2n) is 5.88. The smallest absolute Gasteiger partial charge is 0.287 e. The summed E-state index contributed by atoms with van der Waals surface area (Å²) in [5, 5.41) is 4.16. The number of hydrogen-bond donors (Lipinski definition) is 1. The molecule has 1 atom stereocenters. The van der Waals surface area contributed by atoms with Crippen LogP contribution in [0.4, 0.5) is 0 Å². The van der Waals surface area contributed by atoms with Gasteiger partial charge in [-0.25, -0.2) is 0 Å². The van der Waals surface area contributed by atoms with Gasteiger partial charge in [-0.2, -0.15) is 0 Å². The second kappa shape index (κ2) is 6.33. The summed E-state index contributed by atoms with van der Waals surface area (Å²) in [6.07, 6.45) is -0.257. The van der Waals surface area contributed by atoms with E-state index in [0.717, 1.165) is 10.9 Å². The Labute approximate surface area is 149 Å². The van der Waals surface area contributed by atoms with Gasteiger partial charge in [0.2, 0.25) is 0 Å². The molecule has 0 radical (unpaired) electrons. The maximum atomic E-state index is 12.5. The number of rotatable bonds is 3. The summed E-state index contributed by atoms with van der Waals surface area (Å²) >= 11 is 6.13. The third-order valence-corrected chi connectivity index (χ3v) is 4.48. The predicted octanol–water partition coefficient (Wildman–Crippen LogP) is 3.96. The number of ether oxygens (including phenoxy) is 2. The molecule has 1 amide bonds. The highest BCUT2D eigenvalue weighted by Crippen LogP contribution is 2.32. The van der Waals surface area contributed by atoms with E-state index in [1.165, 1.54) is 0 Å². The maximum absolute atomic E-state index is 12.5. The van der Waals surface area contributed by atoms with E-state index in [1.54, 1.807) is 6.07 Å². The van der Waals surface area contributed by atoms with Crippen LogP contribution in [0.1, 0.15) is 16.1 Å². The van der Waals surface area contributed by atoms with Crippen molar-refractivity contribution in [3.05, 3.63) is 58.8 Å². The van der Waals surface area contributed by atoms with Gasteiger partial charge in [-0.3, -0.25) is 4.79 Å². The van der Waals surface area contributed by atoms with Crippen LogP contribution in [0.15, 0.2) is 46.9 Å². The lowest BCUT2D eigenvalue weighted by atomic mass is 10.1. The Kier molecular flexibility index (Phi) is 4.01. The Morgan fingerprint density at radius 2 is 2.00 bits per heavy atom. The van der Waals surface area contributed by atoms with Crippen molar-refractivity contribution in [2.24, 2.45) is 0 Å². The molecule has 0 fully saturated rings. The molecule has 1 aliphatic rings. The molecule has 0 unspecified atom stereocenters. The largest absolute Gasteiger partial charge is 0.486 e. The molecule has 0 bridgehead atoms. The first kappa shape index (κ1) is 15.8. The molecular weight excluding hydrogens is 342 g/mol. The summed E-state index contributed by atoms with van der Waals surface area (Å²) in [6, 6.07) is 12.9. The molecule has 4 rings (SSSR count). The number of furan rings is 1. The Hall–Kier alpha value is -2.66. The van der Waals surface area contributed by atoms with Gasteiger partial charge in [-0.05, 0) is 25.1 Å². The van der Waals surface area contributed by atoms with E-state index >= 15 is 0 Å². The third-order valence-electron chi connectivity index (χ3n) is 4.18. The van der Waals surface area contributed by atoms with Gasteiger partial charge in [0.1, 0.15) is 12.7 Å². The van der Waals surface area contributed by atoms with Gasteiger partial charge in [-0.15, -0.1) is 0 Å². The lowest BCUT2D eigenvalue weighted by molar-refractivity contribution is 0.0774. The summed E-state index contributed by atoms with van der Waals surface area (Å²) in [6.45, 7) is 2.53. The standard InChI is InChI=1S/C19H16ClNO4/c1-11-13-5-4-6-14(20)18(13)25-17(11)19(22)21-9-12-10-23-15-7-2-3-8-16(15)24-12/h2-8,12H,9-10H2,1H3,(H,21,22)/t12-/m0/s1. The van der Waals surface area contributed by atoms with Crippen molar-refractivity contribution in [2.75, 3.05) is 13.2 Å². The number of amides is 1. The zero-order valence-corrected chi connectivity index (χ0v) is 14.3. The van der Waals surface area contributed by atoms with Crippen LogP contribution < -0.4 is 14.8 Å². The number of carbonyl (C=O) groups excluding carboxylic acids is 1. The molecule has 25 heavy (non-hydrogen) atoms. The monoisotopic (exact) mass is 357 g/mol. The minimum atomic E-state index is -0.299.